The Hall–Kier alpha value is -3.64. The van der Waals surface area contributed by atoms with Gasteiger partial charge in [0.25, 0.3) is 0 Å². The lowest BCUT2D eigenvalue weighted by Crippen LogP contribution is -2.33. The zero-order valence-electron chi connectivity index (χ0n) is 26.1. The molecule has 0 heterocycles. The van der Waals surface area contributed by atoms with Crippen LogP contribution in [0.2, 0.25) is 0 Å². The van der Waals surface area contributed by atoms with Crippen LogP contribution in [0.5, 0.6) is 11.5 Å². The SMILES string of the molecule is CC(=O)Oc1cc(-c2ccc(OCCCCNC(C)C)c(-c3ccc4c(c3)C(C)(C)CCC4(C)C)c2)ccc1C(=O)O. The van der Waals surface area contributed by atoms with Crippen molar-refractivity contribution < 1.29 is 24.2 Å². The van der Waals surface area contributed by atoms with Crippen LogP contribution in [0.25, 0.3) is 22.3 Å². The Bertz CT molecular complexity index is 1450. The Morgan fingerprint density at radius 3 is 2.14 bits per heavy atom. The van der Waals surface area contributed by atoms with Gasteiger partial charge in [-0.1, -0.05) is 71.9 Å². The maximum absolute atomic E-state index is 11.7. The number of carbonyl (C=O) groups excluding carboxylic acids is 1. The standard InChI is InChI=1S/C36H45NO5/c1-23(2)37-18-8-9-19-41-32-15-12-25(26-10-13-28(34(39)40)33(22-26)42-24(3)38)20-29(32)27-11-14-30-31(21-27)36(6,7)17-16-35(30,4)5/h10-15,20-23,37H,8-9,16-19H2,1-7H3,(H,39,40). The number of ether oxygens (including phenoxy) is 2. The van der Waals surface area contributed by atoms with E-state index in [0.717, 1.165) is 60.2 Å². The molecule has 0 amide bonds. The third-order valence-corrected chi connectivity index (χ3v) is 8.32. The molecule has 0 bridgehead atoms. The normalized spacial score (nSPS) is 15.2. The van der Waals surface area contributed by atoms with Crippen molar-refractivity contribution in [2.45, 2.75) is 91.0 Å². The minimum atomic E-state index is -1.15. The smallest absolute Gasteiger partial charge is 0.339 e. The van der Waals surface area contributed by atoms with Gasteiger partial charge in [0.1, 0.15) is 17.1 Å². The Labute approximate surface area is 250 Å². The summed E-state index contributed by atoms with van der Waals surface area (Å²) in [5.41, 5.74) is 6.59. The quantitative estimate of drug-likeness (QED) is 0.137. The molecule has 1 aliphatic rings. The van der Waals surface area contributed by atoms with Gasteiger partial charge in [0, 0.05) is 18.5 Å². The van der Waals surface area contributed by atoms with Crippen LogP contribution >= 0.6 is 0 Å². The summed E-state index contributed by atoms with van der Waals surface area (Å²) in [6.45, 7) is 16.4. The summed E-state index contributed by atoms with van der Waals surface area (Å²) < 4.78 is 11.6. The Balaban J connectivity index is 1.75. The molecule has 42 heavy (non-hydrogen) atoms. The average Bonchev–Trinajstić information content (AvgIpc) is 2.92. The Morgan fingerprint density at radius 2 is 1.48 bits per heavy atom. The molecule has 6 nitrogen and oxygen atoms in total. The molecule has 3 aromatic rings. The van der Waals surface area contributed by atoms with Crippen LogP contribution in [-0.2, 0) is 15.6 Å². The first-order valence-electron chi connectivity index (χ1n) is 15.0. The molecule has 0 saturated carbocycles. The van der Waals surface area contributed by atoms with Gasteiger partial charge in [-0.15, -0.1) is 0 Å². The Kier molecular flexibility index (Phi) is 9.47. The van der Waals surface area contributed by atoms with Gasteiger partial charge in [-0.25, -0.2) is 4.79 Å². The number of hydrogen-bond donors (Lipinski definition) is 2. The summed E-state index contributed by atoms with van der Waals surface area (Å²) >= 11 is 0. The highest BCUT2D eigenvalue weighted by molar-refractivity contribution is 5.93. The molecule has 6 heteroatoms. The molecular formula is C36H45NO5. The third kappa shape index (κ3) is 7.22. The number of rotatable bonds is 11. The maximum atomic E-state index is 11.7. The zero-order chi connectivity index (χ0) is 30.7. The van der Waals surface area contributed by atoms with Crippen LogP contribution in [0, 0.1) is 0 Å². The van der Waals surface area contributed by atoms with E-state index in [1.807, 2.05) is 12.1 Å². The first-order valence-corrected chi connectivity index (χ1v) is 15.0. The number of carboxylic acid groups (broad SMARTS) is 1. The van der Waals surface area contributed by atoms with E-state index < -0.39 is 11.9 Å². The lowest BCUT2D eigenvalue weighted by molar-refractivity contribution is -0.131. The largest absolute Gasteiger partial charge is 0.493 e. The van der Waals surface area contributed by atoms with Crippen molar-refractivity contribution in [1.29, 1.82) is 0 Å². The maximum Gasteiger partial charge on any atom is 0.339 e. The highest BCUT2D eigenvalue weighted by atomic mass is 16.5. The molecule has 2 N–H and O–H groups in total. The van der Waals surface area contributed by atoms with Crippen LogP contribution < -0.4 is 14.8 Å². The molecule has 0 radical (unpaired) electrons. The molecule has 4 rings (SSSR count). The van der Waals surface area contributed by atoms with E-state index in [1.54, 1.807) is 12.1 Å². The van der Waals surface area contributed by atoms with Crippen molar-refractivity contribution in [2.24, 2.45) is 0 Å². The van der Waals surface area contributed by atoms with Crippen LogP contribution in [-0.4, -0.2) is 36.2 Å². The molecule has 0 unspecified atom stereocenters. The summed E-state index contributed by atoms with van der Waals surface area (Å²) in [5.74, 6) is -0.874. The number of benzene rings is 3. The number of aromatic carboxylic acids is 1. The highest BCUT2D eigenvalue weighted by Crippen LogP contribution is 2.47. The molecule has 224 valence electrons. The number of nitrogens with one attached hydrogen (secondary N) is 1. The van der Waals surface area contributed by atoms with Gasteiger partial charge in [-0.3, -0.25) is 4.79 Å². The van der Waals surface area contributed by atoms with E-state index in [9.17, 15) is 14.7 Å². The molecule has 0 atom stereocenters. The molecule has 0 aromatic heterocycles. The monoisotopic (exact) mass is 571 g/mol. The zero-order valence-corrected chi connectivity index (χ0v) is 26.1. The van der Waals surface area contributed by atoms with Crippen molar-refractivity contribution in [3.63, 3.8) is 0 Å². The van der Waals surface area contributed by atoms with Gasteiger partial charge in [-0.05, 0) is 95.1 Å². The van der Waals surface area contributed by atoms with Gasteiger partial charge >= 0.3 is 11.9 Å². The van der Waals surface area contributed by atoms with Crippen LogP contribution in [0.1, 0.15) is 95.6 Å². The average molecular weight is 572 g/mol. The lowest BCUT2D eigenvalue weighted by atomic mass is 9.63. The molecule has 0 aliphatic heterocycles. The lowest BCUT2D eigenvalue weighted by Gasteiger charge is -2.42. The first-order chi connectivity index (χ1) is 19.8. The number of esters is 1. The predicted molar refractivity (Wildman–Crippen MR) is 169 cm³/mol. The van der Waals surface area contributed by atoms with E-state index >= 15 is 0 Å². The number of hydrogen-bond acceptors (Lipinski definition) is 5. The van der Waals surface area contributed by atoms with Crippen molar-refractivity contribution in [3.05, 3.63) is 71.3 Å². The topological polar surface area (TPSA) is 84.9 Å². The minimum absolute atomic E-state index is 0.0298. The Morgan fingerprint density at radius 1 is 0.833 bits per heavy atom. The second-order valence-electron chi connectivity index (χ2n) is 13.0. The summed E-state index contributed by atoms with van der Waals surface area (Å²) in [4.78, 5) is 23.4. The van der Waals surface area contributed by atoms with Crippen LogP contribution in [0.3, 0.4) is 0 Å². The number of fused-ring (bicyclic) bond motifs is 1. The van der Waals surface area contributed by atoms with Gasteiger partial charge < -0.3 is 19.9 Å². The molecular weight excluding hydrogens is 526 g/mol. The van der Waals surface area contributed by atoms with Crippen LogP contribution in [0.15, 0.2) is 54.6 Å². The molecule has 0 saturated heterocycles. The predicted octanol–water partition coefficient (Wildman–Crippen LogP) is 8.15. The molecule has 3 aromatic carbocycles. The van der Waals surface area contributed by atoms with E-state index in [-0.39, 0.29) is 22.1 Å². The number of unbranched alkanes of at least 4 members (excludes halogenated alkanes) is 1. The van der Waals surface area contributed by atoms with E-state index in [2.05, 4.69) is 71.1 Å². The van der Waals surface area contributed by atoms with Gasteiger partial charge in [-0.2, -0.15) is 0 Å². The molecule has 0 fully saturated rings. The summed E-state index contributed by atoms with van der Waals surface area (Å²) in [5, 5.41) is 13.1. The third-order valence-electron chi connectivity index (χ3n) is 8.32. The first kappa shape index (κ1) is 31.3. The van der Waals surface area contributed by atoms with Crippen molar-refractivity contribution >= 4 is 11.9 Å². The molecule has 1 aliphatic carbocycles. The minimum Gasteiger partial charge on any atom is -0.493 e. The van der Waals surface area contributed by atoms with Crippen LogP contribution in [0.4, 0.5) is 0 Å². The van der Waals surface area contributed by atoms with Crippen molar-refractivity contribution in [2.75, 3.05) is 13.2 Å². The number of carbonyl (C=O) groups is 2. The summed E-state index contributed by atoms with van der Waals surface area (Å²) in [6, 6.07) is 18.2. The van der Waals surface area contributed by atoms with Crippen molar-refractivity contribution in [3.8, 4) is 33.8 Å². The molecule has 0 spiro atoms. The van der Waals surface area contributed by atoms with Gasteiger partial charge in [0.05, 0.1) is 6.61 Å². The fraction of sp³-hybridized carbons (Fsp3) is 0.444. The van der Waals surface area contributed by atoms with Crippen molar-refractivity contribution in [1.82, 2.24) is 5.32 Å². The fourth-order valence-corrected chi connectivity index (χ4v) is 5.74. The van der Waals surface area contributed by atoms with E-state index in [4.69, 9.17) is 9.47 Å². The fourth-order valence-electron chi connectivity index (χ4n) is 5.74. The number of carboxylic acids is 1. The van der Waals surface area contributed by atoms with Gasteiger partial charge in [0.2, 0.25) is 0 Å². The summed E-state index contributed by atoms with van der Waals surface area (Å²) in [6.07, 6.45) is 4.25. The van der Waals surface area contributed by atoms with E-state index in [0.29, 0.717) is 12.6 Å². The van der Waals surface area contributed by atoms with Gasteiger partial charge in [0.15, 0.2) is 0 Å². The summed E-state index contributed by atoms with van der Waals surface area (Å²) in [7, 11) is 0. The second kappa shape index (κ2) is 12.7. The van der Waals surface area contributed by atoms with E-state index in [1.165, 1.54) is 24.1 Å². The highest BCUT2D eigenvalue weighted by Gasteiger charge is 2.37. The second-order valence-corrected chi connectivity index (χ2v) is 13.0.